The number of nitrogens with zero attached hydrogens (tertiary/aromatic N) is 2. The predicted octanol–water partition coefficient (Wildman–Crippen LogP) is 2.10. The molecule has 3 rings (SSSR count). The molecule has 0 aliphatic carbocycles. The summed E-state index contributed by atoms with van der Waals surface area (Å²) in [6.07, 6.45) is 4.89. The number of rotatable bonds is 5. The third-order valence-electron chi connectivity index (χ3n) is 4.14. The van der Waals surface area contributed by atoms with Crippen LogP contribution in [0.1, 0.15) is 19.8 Å². The molecule has 6 nitrogen and oxygen atoms in total. The Morgan fingerprint density at radius 2 is 2.29 bits per heavy atom. The van der Waals surface area contributed by atoms with E-state index in [1.54, 1.807) is 12.3 Å². The minimum absolute atomic E-state index is 0.0870. The Bertz CT molecular complexity index is 793. The maximum Gasteiger partial charge on any atom is 0.240 e. The van der Waals surface area contributed by atoms with Crippen LogP contribution in [-0.4, -0.2) is 37.5 Å². The SMILES string of the molecule is C[C@@H]1C[C@@H](CNS(=O)(=O)c2ccc(-n3cccn3)c(F)c2)CCO1. The van der Waals surface area contributed by atoms with Gasteiger partial charge in [0.05, 0.1) is 11.0 Å². The molecule has 2 atom stereocenters. The van der Waals surface area contributed by atoms with Gasteiger partial charge in [0.15, 0.2) is 0 Å². The molecule has 8 heteroatoms. The fourth-order valence-electron chi connectivity index (χ4n) is 2.84. The van der Waals surface area contributed by atoms with E-state index in [2.05, 4.69) is 9.82 Å². The number of nitrogens with one attached hydrogen (secondary N) is 1. The molecule has 2 heterocycles. The van der Waals surface area contributed by atoms with Crippen LogP contribution < -0.4 is 4.72 Å². The summed E-state index contributed by atoms with van der Waals surface area (Å²) in [5.74, 6) is -0.405. The lowest BCUT2D eigenvalue weighted by Gasteiger charge is -2.27. The van der Waals surface area contributed by atoms with Crippen molar-refractivity contribution in [2.75, 3.05) is 13.2 Å². The molecule has 1 N–H and O–H groups in total. The number of hydrogen-bond donors (Lipinski definition) is 1. The lowest BCUT2D eigenvalue weighted by molar-refractivity contribution is 0.00397. The molecule has 0 unspecified atom stereocenters. The molecule has 1 aromatic heterocycles. The molecule has 1 aliphatic heterocycles. The zero-order chi connectivity index (χ0) is 17.2. The minimum Gasteiger partial charge on any atom is -0.378 e. The Labute approximate surface area is 140 Å². The van der Waals surface area contributed by atoms with Crippen molar-refractivity contribution in [3.05, 3.63) is 42.5 Å². The topological polar surface area (TPSA) is 73.2 Å². The third kappa shape index (κ3) is 3.82. The summed E-state index contributed by atoms with van der Waals surface area (Å²) in [5, 5.41) is 3.94. The fourth-order valence-corrected chi connectivity index (χ4v) is 3.97. The van der Waals surface area contributed by atoms with E-state index in [0.29, 0.717) is 13.2 Å². The van der Waals surface area contributed by atoms with Crippen molar-refractivity contribution >= 4 is 10.0 Å². The minimum atomic E-state index is -3.75. The van der Waals surface area contributed by atoms with Gasteiger partial charge in [-0.2, -0.15) is 5.10 Å². The molecular weight excluding hydrogens is 333 g/mol. The van der Waals surface area contributed by atoms with E-state index in [1.165, 1.54) is 23.0 Å². The van der Waals surface area contributed by atoms with Crippen molar-refractivity contribution in [1.29, 1.82) is 0 Å². The van der Waals surface area contributed by atoms with Gasteiger partial charge in [-0.05, 0) is 49.9 Å². The molecule has 0 radical (unpaired) electrons. The fraction of sp³-hybridized carbons (Fsp3) is 0.438. The summed E-state index contributed by atoms with van der Waals surface area (Å²) in [4.78, 5) is -0.0870. The van der Waals surface area contributed by atoms with E-state index in [-0.39, 0.29) is 22.6 Å². The first-order valence-corrected chi connectivity index (χ1v) is 9.35. The van der Waals surface area contributed by atoms with Crippen LogP contribution in [0.3, 0.4) is 0 Å². The van der Waals surface area contributed by atoms with Crippen LogP contribution in [0, 0.1) is 11.7 Å². The highest BCUT2D eigenvalue weighted by molar-refractivity contribution is 7.89. The number of aromatic nitrogens is 2. The molecule has 0 saturated carbocycles. The van der Waals surface area contributed by atoms with Crippen LogP contribution in [0.25, 0.3) is 5.69 Å². The van der Waals surface area contributed by atoms with E-state index >= 15 is 0 Å². The molecular formula is C16H20FN3O3S. The lowest BCUT2D eigenvalue weighted by atomic mass is 9.97. The largest absolute Gasteiger partial charge is 0.378 e. The molecule has 1 fully saturated rings. The molecule has 0 spiro atoms. The molecule has 0 bridgehead atoms. The van der Waals surface area contributed by atoms with Crippen molar-refractivity contribution in [1.82, 2.24) is 14.5 Å². The Kier molecular flexibility index (Phi) is 4.98. The van der Waals surface area contributed by atoms with E-state index in [0.717, 1.165) is 18.9 Å². The van der Waals surface area contributed by atoms with Gasteiger partial charge in [0.2, 0.25) is 10.0 Å². The van der Waals surface area contributed by atoms with Gasteiger partial charge in [-0.3, -0.25) is 0 Å². The highest BCUT2D eigenvalue weighted by atomic mass is 32.2. The van der Waals surface area contributed by atoms with Gasteiger partial charge < -0.3 is 4.74 Å². The van der Waals surface area contributed by atoms with E-state index < -0.39 is 15.8 Å². The van der Waals surface area contributed by atoms with Crippen LogP contribution >= 0.6 is 0 Å². The molecule has 0 amide bonds. The second-order valence-electron chi connectivity index (χ2n) is 5.99. The standard InChI is InChI=1S/C16H20FN3O3S/c1-12-9-13(5-8-23-12)11-19-24(21,22)14-3-4-16(15(17)10-14)20-7-2-6-18-20/h2-4,6-7,10,12-13,19H,5,8-9,11H2,1H3/t12-,13+/m1/s1. The molecule has 2 aromatic rings. The Morgan fingerprint density at radius 1 is 1.46 bits per heavy atom. The van der Waals surface area contributed by atoms with E-state index in [4.69, 9.17) is 4.74 Å². The summed E-state index contributed by atoms with van der Waals surface area (Å²) in [5.41, 5.74) is 0.206. The van der Waals surface area contributed by atoms with Crippen LogP contribution in [0.15, 0.2) is 41.6 Å². The number of hydrogen-bond acceptors (Lipinski definition) is 4. The number of sulfonamides is 1. The van der Waals surface area contributed by atoms with Crippen molar-refractivity contribution in [3.8, 4) is 5.69 Å². The average molecular weight is 353 g/mol. The second kappa shape index (κ2) is 7.00. The summed E-state index contributed by atoms with van der Waals surface area (Å²) in [7, 11) is -3.75. The van der Waals surface area contributed by atoms with Crippen LogP contribution in [0.4, 0.5) is 4.39 Å². The maximum atomic E-state index is 14.2. The zero-order valence-corrected chi connectivity index (χ0v) is 14.2. The average Bonchev–Trinajstić information content (AvgIpc) is 3.07. The third-order valence-corrected chi connectivity index (χ3v) is 5.56. The van der Waals surface area contributed by atoms with Crippen LogP contribution in [0.2, 0.25) is 0 Å². The number of benzene rings is 1. The molecule has 130 valence electrons. The highest BCUT2D eigenvalue weighted by Gasteiger charge is 2.23. The van der Waals surface area contributed by atoms with Gasteiger partial charge in [0, 0.05) is 25.5 Å². The lowest BCUT2D eigenvalue weighted by Crippen LogP contribution is -2.34. The first-order valence-electron chi connectivity index (χ1n) is 7.86. The zero-order valence-electron chi connectivity index (χ0n) is 13.4. The summed E-state index contributed by atoms with van der Waals surface area (Å²) in [6.45, 7) is 2.95. The normalized spacial score (nSPS) is 21.8. The van der Waals surface area contributed by atoms with Gasteiger partial charge in [-0.15, -0.1) is 0 Å². The molecule has 24 heavy (non-hydrogen) atoms. The Balaban J connectivity index is 1.71. The van der Waals surface area contributed by atoms with E-state index in [9.17, 15) is 12.8 Å². The number of ether oxygens (including phenoxy) is 1. The number of halogens is 1. The molecule has 1 aliphatic rings. The summed E-state index contributed by atoms with van der Waals surface area (Å²) in [6, 6.07) is 5.48. The van der Waals surface area contributed by atoms with Gasteiger partial charge in [0.25, 0.3) is 0 Å². The first-order chi connectivity index (χ1) is 11.5. The Hall–Kier alpha value is -1.77. The van der Waals surface area contributed by atoms with Crippen LogP contribution in [-0.2, 0) is 14.8 Å². The smallest absolute Gasteiger partial charge is 0.240 e. The van der Waals surface area contributed by atoms with E-state index in [1.807, 2.05) is 6.92 Å². The van der Waals surface area contributed by atoms with Crippen molar-refractivity contribution in [2.24, 2.45) is 5.92 Å². The first kappa shape index (κ1) is 17.1. The van der Waals surface area contributed by atoms with Gasteiger partial charge in [0.1, 0.15) is 11.5 Å². The Morgan fingerprint density at radius 3 is 2.96 bits per heavy atom. The van der Waals surface area contributed by atoms with Crippen molar-refractivity contribution < 1.29 is 17.5 Å². The quantitative estimate of drug-likeness (QED) is 0.893. The highest BCUT2D eigenvalue weighted by Crippen LogP contribution is 2.21. The monoisotopic (exact) mass is 353 g/mol. The predicted molar refractivity (Wildman–Crippen MR) is 86.8 cm³/mol. The van der Waals surface area contributed by atoms with Gasteiger partial charge in [-0.1, -0.05) is 0 Å². The molecule has 1 saturated heterocycles. The summed E-state index contributed by atoms with van der Waals surface area (Å²) < 4.78 is 48.3. The second-order valence-corrected chi connectivity index (χ2v) is 7.75. The van der Waals surface area contributed by atoms with Crippen molar-refractivity contribution in [2.45, 2.75) is 30.8 Å². The van der Waals surface area contributed by atoms with Gasteiger partial charge in [-0.25, -0.2) is 22.2 Å². The summed E-state index contributed by atoms with van der Waals surface area (Å²) >= 11 is 0. The van der Waals surface area contributed by atoms with Gasteiger partial charge >= 0.3 is 0 Å². The van der Waals surface area contributed by atoms with Crippen molar-refractivity contribution in [3.63, 3.8) is 0 Å². The molecule has 1 aromatic carbocycles. The van der Waals surface area contributed by atoms with Crippen LogP contribution in [0.5, 0.6) is 0 Å². The maximum absolute atomic E-state index is 14.2.